The molecule has 0 saturated heterocycles. The second-order valence-electron chi connectivity index (χ2n) is 3.06. The van der Waals surface area contributed by atoms with Gasteiger partial charge in [-0.3, -0.25) is 4.79 Å². The zero-order valence-electron chi connectivity index (χ0n) is 8.59. The molecule has 4 nitrogen and oxygen atoms in total. The van der Waals surface area contributed by atoms with Crippen LogP contribution in [0.3, 0.4) is 0 Å². The van der Waals surface area contributed by atoms with Crippen molar-refractivity contribution in [3.63, 3.8) is 0 Å². The van der Waals surface area contributed by atoms with Crippen molar-refractivity contribution in [1.29, 1.82) is 0 Å². The van der Waals surface area contributed by atoms with Crippen LogP contribution in [0.1, 0.15) is 16.8 Å². The number of ketones is 1. The van der Waals surface area contributed by atoms with Crippen LogP contribution in [0, 0.1) is 5.82 Å². The molecule has 1 rings (SSSR count). The summed E-state index contributed by atoms with van der Waals surface area (Å²) in [5, 5.41) is 9.38. The lowest BCUT2D eigenvalue weighted by Gasteiger charge is -2.09. The largest absolute Gasteiger partial charge is 0.504 e. The molecule has 0 saturated carbocycles. The normalized spacial score (nSPS) is 10.2. The van der Waals surface area contributed by atoms with Crippen LogP contribution in [0.2, 0.25) is 5.02 Å². The summed E-state index contributed by atoms with van der Waals surface area (Å²) in [5.41, 5.74) is 5.01. The van der Waals surface area contributed by atoms with Gasteiger partial charge >= 0.3 is 0 Å². The molecule has 16 heavy (non-hydrogen) atoms. The van der Waals surface area contributed by atoms with E-state index in [4.69, 9.17) is 17.3 Å². The van der Waals surface area contributed by atoms with Crippen molar-refractivity contribution in [2.75, 3.05) is 13.7 Å². The van der Waals surface area contributed by atoms with E-state index in [9.17, 15) is 14.3 Å². The summed E-state index contributed by atoms with van der Waals surface area (Å²) in [7, 11) is 1.21. The third kappa shape index (κ3) is 2.25. The van der Waals surface area contributed by atoms with Gasteiger partial charge in [0.15, 0.2) is 17.3 Å². The molecule has 0 heterocycles. The number of rotatable bonds is 4. The maximum atomic E-state index is 13.5. The van der Waals surface area contributed by atoms with E-state index in [-0.39, 0.29) is 29.3 Å². The molecule has 0 atom stereocenters. The highest BCUT2D eigenvalue weighted by molar-refractivity contribution is 6.32. The maximum absolute atomic E-state index is 13.5. The first-order valence-electron chi connectivity index (χ1n) is 4.51. The van der Waals surface area contributed by atoms with Gasteiger partial charge in [0.1, 0.15) is 0 Å². The van der Waals surface area contributed by atoms with E-state index in [1.54, 1.807) is 0 Å². The van der Waals surface area contributed by atoms with Crippen molar-refractivity contribution in [1.82, 2.24) is 0 Å². The third-order valence-electron chi connectivity index (χ3n) is 2.03. The van der Waals surface area contributed by atoms with Crippen molar-refractivity contribution in [2.45, 2.75) is 6.42 Å². The Morgan fingerprint density at radius 3 is 2.81 bits per heavy atom. The SMILES string of the molecule is COc1c(Cl)cc(C(=O)CCN)c(O)c1F. The average Bonchev–Trinajstić information content (AvgIpc) is 2.24. The fourth-order valence-electron chi connectivity index (χ4n) is 1.26. The van der Waals surface area contributed by atoms with Gasteiger partial charge in [-0.15, -0.1) is 0 Å². The van der Waals surface area contributed by atoms with Crippen molar-refractivity contribution in [3.8, 4) is 11.5 Å². The molecule has 0 spiro atoms. The zero-order valence-corrected chi connectivity index (χ0v) is 9.34. The van der Waals surface area contributed by atoms with Gasteiger partial charge in [-0.25, -0.2) is 0 Å². The van der Waals surface area contributed by atoms with Crippen molar-refractivity contribution < 1.29 is 19.0 Å². The monoisotopic (exact) mass is 247 g/mol. The predicted molar refractivity (Wildman–Crippen MR) is 57.6 cm³/mol. The molecular formula is C10H11ClFNO3. The summed E-state index contributed by atoms with van der Waals surface area (Å²) in [4.78, 5) is 11.5. The lowest BCUT2D eigenvalue weighted by Crippen LogP contribution is -2.09. The van der Waals surface area contributed by atoms with Gasteiger partial charge in [0, 0.05) is 6.42 Å². The number of ether oxygens (including phenoxy) is 1. The van der Waals surface area contributed by atoms with Gasteiger partial charge in [-0.1, -0.05) is 11.6 Å². The van der Waals surface area contributed by atoms with Crippen LogP contribution in [-0.2, 0) is 0 Å². The molecule has 0 radical (unpaired) electrons. The van der Waals surface area contributed by atoms with Gasteiger partial charge in [-0.2, -0.15) is 4.39 Å². The molecule has 0 bridgehead atoms. The van der Waals surface area contributed by atoms with Crippen LogP contribution >= 0.6 is 11.6 Å². The summed E-state index contributed by atoms with van der Waals surface area (Å²) >= 11 is 5.69. The number of hydrogen-bond donors (Lipinski definition) is 2. The molecule has 0 aliphatic rings. The summed E-state index contributed by atoms with van der Waals surface area (Å²) in [6.45, 7) is 0.115. The summed E-state index contributed by atoms with van der Waals surface area (Å²) in [5.74, 6) is -2.57. The van der Waals surface area contributed by atoms with E-state index < -0.39 is 17.3 Å². The quantitative estimate of drug-likeness (QED) is 0.795. The summed E-state index contributed by atoms with van der Waals surface area (Å²) < 4.78 is 18.1. The number of benzene rings is 1. The number of aromatic hydroxyl groups is 1. The van der Waals surface area contributed by atoms with Gasteiger partial charge in [0.25, 0.3) is 0 Å². The Kier molecular flexibility index (Phi) is 4.09. The number of methoxy groups -OCH3 is 1. The standard InChI is InChI=1S/C10H11ClFNO3/c1-16-10-6(11)4-5(7(14)2-3-13)9(15)8(10)12/h4,15H,2-3,13H2,1H3. The molecular weight excluding hydrogens is 237 g/mol. The van der Waals surface area contributed by atoms with Crippen LogP contribution in [0.5, 0.6) is 11.5 Å². The molecule has 1 aromatic carbocycles. The van der Waals surface area contributed by atoms with Gasteiger partial charge in [0.05, 0.1) is 17.7 Å². The minimum absolute atomic E-state index is 0.00958. The number of Topliss-reactive ketones (excluding diaryl/α,β-unsaturated/α-hetero) is 1. The van der Waals surface area contributed by atoms with E-state index in [0.29, 0.717) is 0 Å². The predicted octanol–water partition coefficient (Wildman–Crippen LogP) is 1.72. The highest BCUT2D eigenvalue weighted by Crippen LogP contribution is 2.36. The Balaban J connectivity index is 3.28. The first-order valence-corrected chi connectivity index (χ1v) is 4.89. The molecule has 0 aromatic heterocycles. The maximum Gasteiger partial charge on any atom is 0.208 e. The van der Waals surface area contributed by atoms with E-state index in [0.717, 1.165) is 6.07 Å². The van der Waals surface area contributed by atoms with Crippen molar-refractivity contribution in [3.05, 3.63) is 22.5 Å². The van der Waals surface area contributed by atoms with Crippen LogP contribution in [0.4, 0.5) is 4.39 Å². The zero-order chi connectivity index (χ0) is 12.3. The Morgan fingerprint density at radius 1 is 1.69 bits per heavy atom. The van der Waals surface area contributed by atoms with Gasteiger partial charge < -0.3 is 15.6 Å². The van der Waals surface area contributed by atoms with Crippen molar-refractivity contribution >= 4 is 17.4 Å². The smallest absolute Gasteiger partial charge is 0.208 e. The molecule has 3 N–H and O–H groups in total. The number of carbonyl (C=O) groups is 1. The lowest BCUT2D eigenvalue weighted by molar-refractivity contribution is 0.0982. The first kappa shape index (κ1) is 12.7. The van der Waals surface area contributed by atoms with Crippen LogP contribution in [-0.4, -0.2) is 24.5 Å². The number of phenolic OH excluding ortho intramolecular Hbond substituents is 1. The Bertz CT molecular complexity index is 423. The molecule has 0 aliphatic heterocycles. The molecule has 0 aliphatic carbocycles. The Morgan fingerprint density at radius 2 is 2.31 bits per heavy atom. The fraction of sp³-hybridized carbons (Fsp3) is 0.300. The van der Waals surface area contributed by atoms with Crippen LogP contribution in [0.15, 0.2) is 6.07 Å². The highest BCUT2D eigenvalue weighted by Gasteiger charge is 2.21. The topological polar surface area (TPSA) is 72.5 Å². The second-order valence-corrected chi connectivity index (χ2v) is 3.47. The third-order valence-corrected chi connectivity index (χ3v) is 2.31. The summed E-state index contributed by atoms with van der Waals surface area (Å²) in [6.07, 6.45) is 0.00958. The summed E-state index contributed by atoms with van der Waals surface area (Å²) in [6, 6.07) is 1.16. The lowest BCUT2D eigenvalue weighted by atomic mass is 10.1. The number of carbonyl (C=O) groups excluding carboxylic acids is 1. The van der Waals surface area contributed by atoms with E-state index >= 15 is 0 Å². The van der Waals surface area contributed by atoms with E-state index in [1.165, 1.54) is 7.11 Å². The van der Waals surface area contributed by atoms with E-state index in [1.807, 2.05) is 0 Å². The Hall–Kier alpha value is -1.33. The number of halogens is 2. The van der Waals surface area contributed by atoms with Crippen LogP contribution in [0.25, 0.3) is 0 Å². The second kappa shape index (κ2) is 5.14. The molecule has 88 valence electrons. The fourth-order valence-corrected chi connectivity index (χ4v) is 1.53. The van der Waals surface area contributed by atoms with Crippen LogP contribution < -0.4 is 10.5 Å². The average molecular weight is 248 g/mol. The molecule has 0 fully saturated rings. The number of nitrogens with two attached hydrogens (primary N) is 1. The van der Waals surface area contributed by atoms with Crippen molar-refractivity contribution in [2.24, 2.45) is 5.73 Å². The van der Waals surface area contributed by atoms with E-state index in [2.05, 4.69) is 4.74 Å². The van der Waals surface area contributed by atoms with Gasteiger partial charge in [-0.05, 0) is 12.6 Å². The minimum Gasteiger partial charge on any atom is -0.504 e. The number of hydrogen-bond acceptors (Lipinski definition) is 4. The molecule has 0 unspecified atom stereocenters. The highest BCUT2D eigenvalue weighted by atomic mass is 35.5. The minimum atomic E-state index is -1.05. The molecule has 0 amide bonds. The first-order chi connectivity index (χ1) is 7.52. The molecule has 6 heteroatoms. The number of phenols is 1. The molecule has 1 aromatic rings. The Labute approximate surface area is 96.8 Å². The van der Waals surface area contributed by atoms with Gasteiger partial charge in [0.2, 0.25) is 5.82 Å².